The lowest BCUT2D eigenvalue weighted by Gasteiger charge is -2.22. The van der Waals surface area contributed by atoms with Gasteiger partial charge in [0.15, 0.2) is 0 Å². The first-order valence-corrected chi connectivity index (χ1v) is 6.64. The number of carbonyl (C=O) groups is 3. The third-order valence-electron chi connectivity index (χ3n) is 2.61. The lowest BCUT2D eigenvalue weighted by Crippen LogP contribution is -2.53. The summed E-state index contributed by atoms with van der Waals surface area (Å²) in [6.45, 7) is 10.7. The third kappa shape index (κ3) is 7.56. The number of hydrogen-bond acceptors (Lipinski definition) is 3. The number of nitrogens with one attached hydrogen (secondary N) is 2. The molecule has 0 aromatic rings. The molecule has 0 bridgehead atoms. The minimum atomic E-state index is -0.802. The quantitative estimate of drug-likeness (QED) is 0.564. The fourth-order valence-corrected chi connectivity index (χ4v) is 1.79. The lowest BCUT2D eigenvalue weighted by atomic mass is 10.0. The fourth-order valence-electron chi connectivity index (χ4n) is 1.79. The van der Waals surface area contributed by atoms with E-state index in [9.17, 15) is 14.4 Å². The van der Waals surface area contributed by atoms with Crippen LogP contribution in [0.25, 0.3) is 0 Å². The van der Waals surface area contributed by atoms with Crippen LogP contribution in [0, 0.1) is 5.92 Å². The summed E-state index contributed by atoms with van der Waals surface area (Å²) in [6.07, 6.45) is 0.777. The molecule has 3 amide bonds. The van der Waals surface area contributed by atoms with Gasteiger partial charge in [0.05, 0.1) is 0 Å². The molecule has 0 spiro atoms. The van der Waals surface area contributed by atoms with E-state index in [1.54, 1.807) is 6.92 Å². The predicted octanol–water partition coefficient (Wildman–Crippen LogP) is 0.474. The number of hydrogen-bond donors (Lipinski definition) is 3. The van der Waals surface area contributed by atoms with Gasteiger partial charge < -0.3 is 16.4 Å². The summed E-state index contributed by atoms with van der Waals surface area (Å²) in [7, 11) is 0. The van der Waals surface area contributed by atoms with Gasteiger partial charge >= 0.3 is 0 Å². The Bertz CT molecular complexity index is 391. The first kappa shape index (κ1) is 18.1. The van der Waals surface area contributed by atoms with E-state index in [4.69, 9.17) is 5.73 Å². The molecule has 114 valence electrons. The van der Waals surface area contributed by atoms with Crippen molar-refractivity contribution in [1.29, 1.82) is 0 Å². The van der Waals surface area contributed by atoms with Crippen molar-refractivity contribution >= 4 is 17.7 Å². The average molecular weight is 283 g/mol. The third-order valence-corrected chi connectivity index (χ3v) is 2.61. The maximum atomic E-state index is 12.1. The number of nitrogens with two attached hydrogens (primary N) is 1. The van der Waals surface area contributed by atoms with Crippen LogP contribution in [0.4, 0.5) is 0 Å². The molecule has 0 rings (SSSR count). The van der Waals surface area contributed by atoms with Crippen LogP contribution in [-0.2, 0) is 14.4 Å². The standard InChI is InChI=1S/C14H25N3O3/c1-8(2)6-11(13(15)19)17-14(20)12(7-9(3)4)16-10(5)18/h9,11-12H,1,6-7H2,2-5H3,(H2,15,19)(H,16,18)(H,17,20)/t11-,12+/m1/s1. The van der Waals surface area contributed by atoms with Crippen molar-refractivity contribution < 1.29 is 14.4 Å². The van der Waals surface area contributed by atoms with E-state index < -0.39 is 23.9 Å². The average Bonchev–Trinajstić information content (AvgIpc) is 2.24. The second kappa shape index (κ2) is 8.35. The number of primary amides is 1. The van der Waals surface area contributed by atoms with E-state index in [0.29, 0.717) is 6.42 Å². The summed E-state index contributed by atoms with van der Waals surface area (Å²) >= 11 is 0. The number of carbonyl (C=O) groups excluding carboxylic acids is 3. The van der Waals surface area contributed by atoms with E-state index in [1.165, 1.54) is 6.92 Å². The van der Waals surface area contributed by atoms with E-state index >= 15 is 0 Å². The van der Waals surface area contributed by atoms with Crippen molar-refractivity contribution in [2.45, 2.75) is 52.6 Å². The van der Waals surface area contributed by atoms with Crippen LogP contribution in [-0.4, -0.2) is 29.8 Å². The largest absolute Gasteiger partial charge is 0.368 e. The van der Waals surface area contributed by atoms with Gasteiger partial charge in [-0.2, -0.15) is 0 Å². The molecule has 20 heavy (non-hydrogen) atoms. The smallest absolute Gasteiger partial charge is 0.243 e. The van der Waals surface area contributed by atoms with Gasteiger partial charge in [-0.05, 0) is 25.7 Å². The highest BCUT2D eigenvalue weighted by atomic mass is 16.2. The summed E-state index contributed by atoms with van der Waals surface area (Å²) in [6, 6.07) is -1.47. The topological polar surface area (TPSA) is 101 Å². The van der Waals surface area contributed by atoms with Gasteiger partial charge in [0.1, 0.15) is 12.1 Å². The maximum Gasteiger partial charge on any atom is 0.243 e. The molecular weight excluding hydrogens is 258 g/mol. The van der Waals surface area contributed by atoms with E-state index in [2.05, 4.69) is 17.2 Å². The molecule has 0 aromatic carbocycles. The second-order valence-electron chi connectivity index (χ2n) is 5.51. The zero-order chi connectivity index (χ0) is 15.9. The Labute approximate surface area is 120 Å². The fraction of sp³-hybridized carbons (Fsp3) is 0.643. The maximum absolute atomic E-state index is 12.1. The molecule has 0 aliphatic heterocycles. The molecule has 0 unspecified atom stereocenters. The molecule has 0 aliphatic rings. The molecule has 4 N–H and O–H groups in total. The zero-order valence-electron chi connectivity index (χ0n) is 12.7. The molecule has 0 saturated heterocycles. The van der Waals surface area contributed by atoms with Crippen LogP contribution in [0.5, 0.6) is 0 Å². The summed E-state index contributed by atoms with van der Waals surface area (Å²) in [4.78, 5) is 34.6. The van der Waals surface area contributed by atoms with Crippen molar-refractivity contribution in [2.75, 3.05) is 0 Å². The van der Waals surface area contributed by atoms with Crippen LogP contribution < -0.4 is 16.4 Å². The Morgan fingerprint density at radius 1 is 1.10 bits per heavy atom. The summed E-state index contributed by atoms with van der Waals surface area (Å²) in [5, 5.41) is 5.15. The van der Waals surface area contributed by atoms with Gasteiger partial charge in [-0.15, -0.1) is 6.58 Å². The molecule has 0 fully saturated rings. The molecule has 0 radical (unpaired) electrons. The van der Waals surface area contributed by atoms with Gasteiger partial charge in [-0.3, -0.25) is 14.4 Å². The van der Waals surface area contributed by atoms with Crippen molar-refractivity contribution in [3.05, 3.63) is 12.2 Å². The molecule has 0 aliphatic carbocycles. The van der Waals surface area contributed by atoms with Crippen LogP contribution in [0.3, 0.4) is 0 Å². The number of rotatable bonds is 8. The lowest BCUT2D eigenvalue weighted by molar-refractivity contribution is -0.131. The number of amides is 3. The normalized spacial score (nSPS) is 13.4. The molecular formula is C14H25N3O3. The van der Waals surface area contributed by atoms with Crippen molar-refractivity contribution in [3.63, 3.8) is 0 Å². The minimum absolute atomic E-state index is 0.228. The molecule has 6 nitrogen and oxygen atoms in total. The summed E-state index contributed by atoms with van der Waals surface area (Å²) in [5.41, 5.74) is 6.00. The molecule has 2 atom stereocenters. The van der Waals surface area contributed by atoms with Crippen molar-refractivity contribution in [2.24, 2.45) is 11.7 Å². The Morgan fingerprint density at radius 3 is 2.00 bits per heavy atom. The second-order valence-corrected chi connectivity index (χ2v) is 5.51. The van der Waals surface area contributed by atoms with Crippen molar-refractivity contribution in [1.82, 2.24) is 10.6 Å². The molecule has 0 heterocycles. The monoisotopic (exact) mass is 283 g/mol. The Kier molecular flexibility index (Phi) is 7.57. The Hall–Kier alpha value is -1.85. The zero-order valence-corrected chi connectivity index (χ0v) is 12.7. The highest BCUT2D eigenvalue weighted by Gasteiger charge is 2.25. The van der Waals surface area contributed by atoms with Gasteiger partial charge in [-0.1, -0.05) is 19.4 Å². The molecule has 0 saturated carbocycles. The molecule has 0 aromatic heterocycles. The van der Waals surface area contributed by atoms with Crippen molar-refractivity contribution in [3.8, 4) is 0 Å². The summed E-state index contributed by atoms with van der Waals surface area (Å²) < 4.78 is 0. The Balaban J connectivity index is 4.81. The minimum Gasteiger partial charge on any atom is -0.368 e. The van der Waals surface area contributed by atoms with Gasteiger partial charge in [0.25, 0.3) is 0 Å². The van der Waals surface area contributed by atoms with Gasteiger partial charge in [-0.25, -0.2) is 0 Å². The van der Waals surface area contributed by atoms with Crippen LogP contribution in [0.2, 0.25) is 0 Å². The van der Waals surface area contributed by atoms with Crippen LogP contribution in [0.15, 0.2) is 12.2 Å². The summed E-state index contributed by atoms with van der Waals surface area (Å²) in [5.74, 6) is -1.08. The van der Waals surface area contributed by atoms with Crippen LogP contribution in [0.1, 0.15) is 40.5 Å². The highest BCUT2D eigenvalue weighted by molar-refractivity contribution is 5.91. The van der Waals surface area contributed by atoms with Gasteiger partial charge in [0, 0.05) is 6.92 Å². The van der Waals surface area contributed by atoms with E-state index in [-0.39, 0.29) is 18.2 Å². The van der Waals surface area contributed by atoms with Gasteiger partial charge in [0.2, 0.25) is 17.7 Å². The molecule has 6 heteroatoms. The highest BCUT2D eigenvalue weighted by Crippen LogP contribution is 2.07. The Morgan fingerprint density at radius 2 is 1.65 bits per heavy atom. The first-order chi connectivity index (χ1) is 9.13. The van der Waals surface area contributed by atoms with Crippen LogP contribution >= 0.6 is 0 Å². The van der Waals surface area contributed by atoms with E-state index in [0.717, 1.165) is 5.57 Å². The predicted molar refractivity (Wildman–Crippen MR) is 77.6 cm³/mol. The van der Waals surface area contributed by atoms with E-state index in [1.807, 2.05) is 13.8 Å². The first-order valence-electron chi connectivity index (χ1n) is 6.64. The SMILES string of the molecule is C=C(C)C[C@@H](NC(=O)[C@H](CC(C)C)NC(C)=O)C(N)=O.